The van der Waals surface area contributed by atoms with Gasteiger partial charge < -0.3 is 0 Å². The highest BCUT2D eigenvalue weighted by molar-refractivity contribution is 6.23. The van der Waals surface area contributed by atoms with Crippen LogP contribution in [-0.2, 0) is 0 Å². The number of pyridine rings is 1. The lowest BCUT2D eigenvalue weighted by Crippen LogP contribution is -1.98. The van der Waals surface area contributed by atoms with Crippen LogP contribution in [0.4, 0.5) is 0 Å². The van der Waals surface area contributed by atoms with Crippen molar-refractivity contribution in [2.75, 3.05) is 0 Å². The summed E-state index contributed by atoms with van der Waals surface area (Å²) >= 11 is 6.75. The summed E-state index contributed by atoms with van der Waals surface area (Å²) in [5.41, 5.74) is 7.23. The molecule has 0 saturated heterocycles. The van der Waals surface area contributed by atoms with Crippen molar-refractivity contribution in [1.29, 1.82) is 0 Å². The van der Waals surface area contributed by atoms with Crippen molar-refractivity contribution >= 4 is 11.6 Å². The van der Waals surface area contributed by atoms with Crippen molar-refractivity contribution in [3.05, 3.63) is 89.2 Å². The molecular weight excluding hydrogens is 290 g/mol. The Labute approximate surface area is 136 Å². The number of aryl methyl sites for hydroxylation is 1. The molecule has 1 atom stereocenters. The number of benzene rings is 2. The number of alkyl halides is 1. The monoisotopic (exact) mass is 307 g/mol. The number of nitrogens with zero attached hydrogens (tertiary/aromatic N) is 1. The fourth-order valence-electron chi connectivity index (χ4n) is 2.72. The molecule has 0 spiro atoms. The van der Waals surface area contributed by atoms with Crippen molar-refractivity contribution in [2.24, 2.45) is 0 Å². The molecule has 0 amide bonds. The minimum atomic E-state index is -0.181. The summed E-state index contributed by atoms with van der Waals surface area (Å²) in [6, 6.07) is 18.7. The number of aromatic nitrogens is 1. The van der Waals surface area contributed by atoms with Crippen LogP contribution in [0.2, 0.25) is 0 Å². The summed E-state index contributed by atoms with van der Waals surface area (Å²) in [7, 11) is 0. The number of hydrogen-bond acceptors (Lipinski definition) is 1. The number of halogens is 1. The Morgan fingerprint density at radius 2 is 1.50 bits per heavy atom. The van der Waals surface area contributed by atoms with E-state index in [2.05, 4.69) is 55.2 Å². The van der Waals surface area contributed by atoms with E-state index >= 15 is 0 Å². The van der Waals surface area contributed by atoms with Gasteiger partial charge in [0.05, 0.1) is 5.38 Å². The van der Waals surface area contributed by atoms with E-state index in [1.54, 1.807) is 12.4 Å². The molecule has 0 bridgehead atoms. The van der Waals surface area contributed by atoms with Crippen LogP contribution in [0.1, 0.15) is 27.6 Å². The molecule has 0 fully saturated rings. The minimum Gasteiger partial charge on any atom is -0.265 e. The molecule has 2 heteroatoms. The van der Waals surface area contributed by atoms with E-state index in [-0.39, 0.29) is 5.38 Å². The summed E-state index contributed by atoms with van der Waals surface area (Å²) < 4.78 is 0. The lowest BCUT2D eigenvalue weighted by Gasteiger charge is -2.17. The molecule has 110 valence electrons. The molecule has 0 radical (unpaired) electrons. The lowest BCUT2D eigenvalue weighted by atomic mass is 9.91. The highest BCUT2D eigenvalue weighted by Gasteiger charge is 2.16. The van der Waals surface area contributed by atoms with Crippen molar-refractivity contribution in [3.8, 4) is 11.1 Å². The first kappa shape index (κ1) is 14.8. The van der Waals surface area contributed by atoms with E-state index in [4.69, 9.17) is 11.6 Å². The fourth-order valence-corrected chi connectivity index (χ4v) is 3.05. The zero-order valence-corrected chi connectivity index (χ0v) is 13.5. The standard InChI is InChI=1S/C20H18ClN/c1-14-6-5-9-17(15(14)2)18-7-3-4-8-19(18)20(21)16-10-12-22-13-11-16/h3-13,20H,1-2H3. The third-order valence-corrected chi connectivity index (χ3v) is 4.61. The average Bonchev–Trinajstić information content (AvgIpc) is 2.57. The van der Waals surface area contributed by atoms with Gasteiger partial charge >= 0.3 is 0 Å². The topological polar surface area (TPSA) is 12.9 Å². The van der Waals surface area contributed by atoms with E-state index < -0.39 is 0 Å². The summed E-state index contributed by atoms with van der Waals surface area (Å²) in [6.07, 6.45) is 3.57. The van der Waals surface area contributed by atoms with Crippen LogP contribution < -0.4 is 0 Å². The van der Waals surface area contributed by atoms with Gasteiger partial charge in [-0.05, 0) is 59.4 Å². The van der Waals surface area contributed by atoms with Gasteiger partial charge in [-0.1, -0.05) is 42.5 Å². The molecule has 1 unspecified atom stereocenters. The Hall–Kier alpha value is -2.12. The molecule has 3 aromatic rings. The van der Waals surface area contributed by atoms with Gasteiger partial charge in [0.15, 0.2) is 0 Å². The SMILES string of the molecule is Cc1cccc(-c2ccccc2C(Cl)c2ccncc2)c1C. The third kappa shape index (κ3) is 2.77. The van der Waals surface area contributed by atoms with Crippen LogP contribution in [0.25, 0.3) is 11.1 Å². The average molecular weight is 308 g/mol. The second-order valence-electron chi connectivity index (χ2n) is 5.48. The Bertz CT molecular complexity index is 781. The first-order valence-electron chi connectivity index (χ1n) is 7.38. The molecule has 22 heavy (non-hydrogen) atoms. The number of hydrogen-bond donors (Lipinski definition) is 0. The van der Waals surface area contributed by atoms with Crippen molar-refractivity contribution in [2.45, 2.75) is 19.2 Å². The molecule has 0 aliphatic carbocycles. The second-order valence-corrected chi connectivity index (χ2v) is 5.91. The molecular formula is C20H18ClN. The highest BCUT2D eigenvalue weighted by Crippen LogP contribution is 2.37. The van der Waals surface area contributed by atoms with Gasteiger partial charge in [-0.3, -0.25) is 4.98 Å². The normalized spacial score (nSPS) is 12.1. The summed E-state index contributed by atoms with van der Waals surface area (Å²) in [5.74, 6) is 0. The first-order chi connectivity index (χ1) is 10.7. The highest BCUT2D eigenvalue weighted by atomic mass is 35.5. The van der Waals surface area contributed by atoms with E-state index in [9.17, 15) is 0 Å². The van der Waals surface area contributed by atoms with E-state index in [0.29, 0.717) is 0 Å². The third-order valence-electron chi connectivity index (χ3n) is 4.13. The largest absolute Gasteiger partial charge is 0.265 e. The predicted octanol–water partition coefficient (Wildman–Crippen LogP) is 5.69. The molecule has 1 nitrogen and oxygen atoms in total. The maximum absolute atomic E-state index is 6.75. The smallest absolute Gasteiger partial charge is 0.0842 e. The molecule has 0 aliphatic heterocycles. The van der Waals surface area contributed by atoms with E-state index in [1.807, 2.05) is 18.2 Å². The van der Waals surface area contributed by atoms with Crippen molar-refractivity contribution in [3.63, 3.8) is 0 Å². The van der Waals surface area contributed by atoms with Gasteiger partial charge in [0.25, 0.3) is 0 Å². The van der Waals surface area contributed by atoms with Gasteiger partial charge in [0, 0.05) is 12.4 Å². The van der Waals surface area contributed by atoms with E-state index in [1.165, 1.54) is 22.3 Å². The summed E-state index contributed by atoms with van der Waals surface area (Å²) in [4.78, 5) is 4.07. The maximum Gasteiger partial charge on any atom is 0.0842 e. The number of rotatable bonds is 3. The van der Waals surface area contributed by atoms with Gasteiger partial charge in [-0.25, -0.2) is 0 Å². The lowest BCUT2D eigenvalue weighted by molar-refractivity contribution is 1.12. The Kier molecular flexibility index (Phi) is 4.26. The van der Waals surface area contributed by atoms with Gasteiger partial charge in [0.2, 0.25) is 0 Å². The molecule has 1 heterocycles. The van der Waals surface area contributed by atoms with Crippen molar-refractivity contribution in [1.82, 2.24) is 4.98 Å². The molecule has 3 rings (SSSR count). The van der Waals surface area contributed by atoms with Gasteiger partial charge in [-0.2, -0.15) is 0 Å². The van der Waals surface area contributed by atoms with Crippen LogP contribution in [0, 0.1) is 13.8 Å². The fraction of sp³-hybridized carbons (Fsp3) is 0.150. The Morgan fingerprint density at radius 1 is 0.818 bits per heavy atom. The quantitative estimate of drug-likeness (QED) is 0.566. The van der Waals surface area contributed by atoms with Crippen LogP contribution >= 0.6 is 11.6 Å². The molecule has 0 aliphatic rings. The zero-order chi connectivity index (χ0) is 15.5. The second kappa shape index (κ2) is 6.33. The minimum absolute atomic E-state index is 0.181. The Balaban J connectivity index is 2.13. The van der Waals surface area contributed by atoms with Crippen LogP contribution in [0.5, 0.6) is 0 Å². The molecule has 1 aromatic heterocycles. The molecule has 0 saturated carbocycles. The first-order valence-corrected chi connectivity index (χ1v) is 7.81. The maximum atomic E-state index is 6.75. The van der Waals surface area contributed by atoms with Crippen LogP contribution in [-0.4, -0.2) is 4.98 Å². The van der Waals surface area contributed by atoms with Crippen LogP contribution in [0.15, 0.2) is 67.0 Å². The van der Waals surface area contributed by atoms with Crippen molar-refractivity contribution < 1.29 is 0 Å². The zero-order valence-electron chi connectivity index (χ0n) is 12.8. The Morgan fingerprint density at radius 3 is 2.27 bits per heavy atom. The summed E-state index contributed by atoms with van der Waals surface area (Å²) in [5, 5.41) is -0.181. The van der Waals surface area contributed by atoms with Crippen LogP contribution in [0.3, 0.4) is 0 Å². The molecule has 0 N–H and O–H groups in total. The predicted molar refractivity (Wildman–Crippen MR) is 93.3 cm³/mol. The van der Waals surface area contributed by atoms with Gasteiger partial charge in [0.1, 0.15) is 0 Å². The molecule has 2 aromatic carbocycles. The van der Waals surface area contributed by atoms with E-state index in [0.717, 1.165) is 11.1 Å². The summed E-state index contributed by atoms with van der Waals surface area (Å²) in [6.45, 7) is 4.31. The van der Waals surface area contributed by atoms with Gasteiger partial charge in [-0.15, -0.1) is 11.6 Å².